The number of amides is 1. The zero-order chi connectivity index (χ0) is 13.4. The van der Waals surface area contributed by atoms with E-state index in [4.69, 9.17) is 11.6 Å². The number of aryl methyl sites for hydroxylation is 1. The van der Waals surface area contributed by atoms with E-state index in [0.717, 1.165) is 24.4 Å². The Morgan fingerprint density at radius 3 is 2.84 bits per heavy atom. The van der Waals surface area contributed by atoms with Gasteiger partial charge in [-0.3, -0.25) is 4.79 Å². The molecule has 2 unspecified atom stereocenters. The van der Waals surface area contributed by atoms with Crippen LogP contribution in [-0.2, 0) is 11.2 Å². The average molecular weight is 278 g/mol. The molecule has 1 aliphatic heterocycles. The zero-order valence-corrected chi connectivity index (χ0v) is 12.0. The van der Waals surface area contributed by atoms with Gasteiger partial charge in [-0.2, -0.15) is 0 Å². The van der Waals surface area contributed by atoms with Crippen molar-refractivity contribution in [2.45, 2.75) is 44.4 Å². The standard InChI is InChI=1S/C16H20ClNO/c1-10(11-5-6-11)16(17)13-7-8-14-12(9-13)3-2-4-15(19)18-14/h7-11,16H,2-6H2,1H3,(H,18,19). The maximum absolute atomic E-state index is 11.5. The van der Waals surface area contributed by atoms with Gasteiger partial charge in [-0.05, 0) is 54.7 Å². The predicted molar refractivity (Wildman–Crippen MR) is 78.5 cm³/mol. The molecule has 2 nitrogen and oxygen atoms in total. The van der Waals surface area contributed by atoms with Crippen LogP contribution in [0.5, 0.6) is 0 Å². The fourth-order valence-corrected chi connectivity index (χ4v) is 3.27. The first-order valence-electron chi connectivity index (χ1n) is 7.22. The van der Waals surface area contributed by atoms with E-state index in [9.17, 15) is 4.79 Å². The number of anilines is 1. The average Bonchev–Trinajstić information content (AvgIpc) is 3.23. The summed E-state index contributed by atoms with van der Waals surface area (Å²) in [6.07, 6.45) is 5.15. The van der Waals surface area contributed by atoms with E-state index in [2.05, 4.69) is 24.4 Å². The highest BCUT2D eigenvalue weighted by molar-refractivity contribution is 6.21. The molecule has 1 fully saturated rings. The molecule has 3 rings (SSSR count). The fraction of sp³-hybridized carbons (Fsp3) is 0.562. The van der Waals surface area contributed by atoms with E-state index in [-0.39, 0.29) is 11.3 Å². The number of fused-ring (bicyclic) bond motifs is 1. The number of hydrogen-bond acceptors (Lipinski definition) is 1. The number of rotatable bonds is 3. The first-order chi connectivity index (χ1) is 9.15. The molecule has 0 bridgehead atoms. The summed E-state index contributed by atoms with van der Waals surface area (Å²) in [6.45, 7) is 2.25. The zero-order valence-electron chi connectivity index (χ0n) is 11.3. The van der Waals surface area contributed by atoms with Gasteiger partial charge < -0.3 is 5.32 Å². The molecule has 1 aliphatic carbocycles. The predicted octanol–water partition coefficient (Wildman–Crippen LogP) is 4.29. The Morgan fingerprint density at radius 1 is 1.32 bits per heavy atom. The van der Waals surface area contributed by atoms with Gasteiger partial charge >= 0.3 is 0 Å². The number of halogens is 1. The molecule has 19 heavy (non-hydrogen) atoms. The number of carbonyl (C=O) groups is 1. The Labute approximate surface area is 119 Å². The second kappa shape index (κ2) is 5.16. The lowest BCUT2D eigenvalue weighted by atomic mass is 9.94. The van der Waals surface area contributed by atoms with Gasteiger partial charge in [0.15, 0.2) is 0 Å². The second-order valence-corrected chi connectivity index (χ2v) is 6.39. The Bertz CT molecular complexity index is 496. The van der Waals surface area contributed by atoms with Crippen LogP contribution in [0.4, 0.5) is 5.69 Å². The smallest absolute Gasteiger partial charge is 0.224 e. The first kappa shape index (κ1) is 13.0. The normalized spacial score (nSPS) is 22.1. The van der Waals surface area contributed by atoms with Crippen LogP contribution in [0.3, 0.4) is 0 Å². The molecular weight excluding hydrogens is 258 g/mol. The summed E-state index contributed by atoms with van der Waals surface area (Å²) in [5.41, 5.74) is 3.40. The monoisotopic (exact) mass is 277 g/mol. The number of benzene rings is 1. The molecule has 0 aromatic heterocycles. The van der Waals surface area contributed by atoms with Crippen molar-refractivity contribution in [3.8, 4) is 0 Å². The van der Waals surface area contributed by atoms with Gasteiger partial charge in [0.1, 0.15) is 0 Å². The van der Waals surface area contributed by atoms with E-state index in [0.29, 0.717) is 12.3 Å². The van der Waals surface area contributed by atoms with Crippen molar-refractivity contribution < 1.29 is 4.79 Å². The quantitative estimate of drug-likeness (QED) is 0.821. The van der Waals surface area contributed by atoms with Crippen molar-refractivity contribution >= 4 is 23.2 Å². The van der Waals surface area contributed by atoms with Crippen LogP contribution >= 0.6 is 11.6 Å². The highest BCUT2D eigenvalue weighted by Gasteiger charge is 2.33. The highest BCUT2D eigenvalue weighted by Crippen LogP contribution is 2.45. The van der Waals surface area contributed by atoms with E-state index in [1.807, 2.05) is 6.07 Å². The van der Waals surface area contributed by atoms with Crippen molar-refractivity contribution in [2.75, 3.05) is 5.32 Å². The third kappa shape index (κ3) is 2.79. The van der Waals surface area contributed by atoms with Gasteiger partial charge in [0.05, 0.1) is 5.38 Å². The van der Waals surface area contributed by atoms with Crippen LogP contribution in [0, 0.1) is 11.8 Å². The van der Waals surface area contributed by atoms with Crippen LogP contribution in [0.2, 0.25) is 0 Å². The summed E-state index contributed by atoms with van der Waals surface area (Å²) >= 11 is 6.62. The van der Waals surface area contributed by atoms with Gasteiger partial charge in [0.25, 0.3) is 0 Å². The Balaban J connectivity index is 1.83. The molecule has 0 spiro atoms. The Hall–Kier alpha value is -1.02. The number of hydrogen-bond donors (Lipinski definition) is 1. The van der Waals surface area contributed by atoms with E-state index in [1.165, 1.54) is 24.0 Å². The number of nitrogens with one attached hydrogen (secondary N) is 1. The molecule has 2 atom stereocenters. The maximum Gasteiger partial charge on any atom is 0.224 e. The number of carbonyl (C=O) groups excluding carboxylic acids is 1. The molecular formula is C16H20ClNO. The Morgan fingerprint density at radius 2 is 2.11 bits per heavy atom. The van der Waals surface area contributed by atoms with Crippen molar-refractivity contribution in [2.24, 2.45) is 11.8 Å². The summed E-state index contributed by atoms with van der Waals surface area (Å²) in [4.78, 5) is 11.5. The van der Waals surface area contributed by atoms with E-state index < -0.39 is 0 Å². The van der Waals surface area contributed by atoms with Crippen molar-refractivity contribution in [3.05, 3.63) is 29.3 Å². The lowest BCUT2D eigenvalue weighted by Crippen LogP contribution is -2.10. The topological polar surface area (TPSA) is 29.1 Å². The summed E-state index contributed by atoms with van der Waals surface area (Å²) in [5, 5.41) is 3.07. The minimum absolute atomic E-state index is 0.0942. The molecule has 0 saturated heterocycles. The number of alkyl halides is 1. The van der Waals surface area contributed by atoms with Crippen LogP contribution in [0.1, 0.15) is 49.1 Å². The minimum atomic E-state index is 0.0942. The molecule has 1 amide bonds. The lowest BCUT2D eigenvalue weighted by molar-refractivity contribution is -0.116. The Kier molecular flexibility index (Phi) is 3.53. The molecule has 2 aliphatic rings. The van der Waals surface area contributed by atoms with Gasteiger partial charge in [-0.15, -0.1) is 11.6 Å². The van der Waals surface area contributed by atoms with Crippen molar-refractivity contribution in [1.82, 2.24) is 0 Å². The van der Waals surface area contributed by atoms with Gasteiger partial charge in [-0.25, -0.2) is 0 Å². The lowest BCUT2D eigenvalue weighted by Gasteiger charge is -2.19. The van der Waals surface area contributed by atoms with Crippen molar-refractivity contribution in [3.63, 3.8) is 0 Å². The summed E-state index contributed by atoms with van der Waals surface area (Å²) < 4.78 is 0. The molecule has 1 aromatic carbocycles. The van der Waals surface area contributed by atoms with Gasteiger partial charge in [-0.1, -0.05) is 19.1 Å². The second-order valence-electron chi connectivity index (χ2n) is 5.92. The van der Waals surface area contributed by atoms with E-state index >= 15 is 0 Å². The molecule has 1 N–H and O–H groups in total. The molecule has 1 aromatic rings. The van der Waals surface area contributed by atoms with Crippen LogP contribution < -0.4 is 5.32 Å². The minimum Gasteiger partial charge on any atom is -0.326 e. The molecule has 0 radical (unpaired) electrons. The molecule has 102 valence electrons. The van der Waals surface area contributed by atoms with Gasteiger partial charge in [0.2, 0.25) is 5.91 Å². The first-order valence-corrected chi connectivity index (χ1v) is 7.65. The summed E-state index contributed by atoms with van der Waals surface area (Å²) in [5.74, 6) is 1.47. The van der Waals surface area contributed by atoms with Crippen molar-refractivity contribution in [1.29, 1.82) is 0 Å². The third-order valence-electron chi connectivity index (χ3n) is 4.40. The van der Waals surface area contributed by atoms with Crippen LogP contribution in [-0.4, -0.2) is 5.91 Å². The summed E-state index contributed by atoms with van der Waals surface area (Å²) in [6, 6.07) is 6.28. The van der Waals surface area contributed by atoms with Crippen LogP contribution in [0.25, 0.3) is 0 Å². The largest absolute Gasteiger partial charge is 0.326 e. The third-order valence-corrected chi connectivity index (χ3v) is 5.05. The molecule has 1 saturated carbocycles. The fourth-order valence-electron chi connectivity index (χ4n) is 2.93. The van der Waals surface area contributed by atoms with E-state index in [1.54, 1.807) is 0 Å². The SMILES string of the molecule is CC(C1CC1)C(Cl)c1ccc2c(c1)CCCC(=O)N2. The highest BCUT2D eigenvalue weighted by atomic mass is 35.5. The summed E-state index contributed by atoms with van der Waals surface area (Å²) in [7, 11) is 0. The van der Waals surface area contributed by atoms with Crippen LogP contribution in [0.15, 0.2) is 18.2 Å². The molecule has 3 heteroatoms. The van der Waals surface area contributed by atoms with Gasteiger partial charge in [0, 0.05) is 12.1 Å². The molecule has 1 heterocycles. The maximum atomic E-state index is 11.5.